The molecule has 0 atom stereocenters. The second kappa shape index (κ2) is 8.22. The third-order valence-corrected chi connectivity index (χ3v) is 5.00. The van der Waals surface area contributed by atoms with E-state index < -0.39 is 36.1 Å². The number of benzene rings is 1. The monoisotopic (exact) mass is 380 g/mol. The minimum absolute atomic E-state index is 0.213. The molecule has 0 heterocycles. The lowest BCUT2D eigenvalue weighted by Crippen LogP contribution is -2.26. The number of hydrogen-bond acceptors (Lipinski definition) is 7. The van der Waals surface area contributed by atoms with Gasteiger partial charge in [-0.15, -0.1) is 4.24 Å². The van der Waals surface area contributed by atoms with E-state index in [4.69, 9.17) is 11.8 Å². The Hall–Kier alpha value is -1.98. The molecule has 0 spiro atoms. The van der Waals surface area contributed by atoms with Crippen LogP contribution in [0.5, 0.6) is 0 Å². The molecular weight excluding hydrogens is 364 g/mol. The molecular formula is C12H17ClN4O6S. The third-order valence-electron chi connectivity index (χ3n) is 3.33. The van der Waals surface area contributed by atoms with Gasteiger partial charge in [-0.2, -0.15) is 0 Å². The summed E-state index contributed by atoms with van der Waals surface area (Å²) in [5.41, 5.74) is -1.53. The molecule has 0 radical (unpaired) electrons. The summed E-state index contributed by atoms with van der Waals surface area (Å²) < 4.78 is 25.0. The number of rotatable bonds is 9. The Morgan fingerprint density at radius 2 is 1.67 bits per heavy atom. The van der Waals surface area contributed by atoms with Crippen LogP contribution in [0.1, 0.15) is 26.7 Å². The predicted molar refractivity (Wildman–Crippen MR) is 88.7 cm³/mol. The second-order valence-corrected chi connectivity index (χ2v) is 6.93. The SMILES string of the molecule is CCCCN(CC)c1c([N+](=O)[O-])cc(S(=O)(=O)NCl)cc1[N+](=O)[O-]. The summed E-state index contributed by atoms with van der Waals surface area (Å²) in [5.74, 6) is 0. The largest absolute Gasteiger partial charge is 0.361 e. The van der Waals surface area contributed by atoms with Crippen LogP contribution in [0.4, 0.5) is 17.1 Å². The Labute approximate surface area is 143 Å². The van der Waals surface area contributed by atoms with Crippen molar-refractivity contribution in [2.45, 2.75) is 31.6 Å². The van der Waals surface area contributed by atoms with Crippen molar-refractivity contribution in [2.75, 3.05) is 18.0 Å². The molecule has 0 amide bonds. The fourth-order valence-electron chi connectivity index (χ4n) is 2.16. The van der Waals surface area contributed by atoms with Crippen LogP contribution in [0, 0.1) is 20.2 Å². The van der Waals surface area contributed by atoms with Gasteiger partial charge in [0.1, 0.15) is 0 Å². The molecule has 24 heavy (non-hydrogen) atoms. The molecule has 0 saturated heterocycles. The van der Waals surface area contributed by atoms with Crippen LogP contribution in [0.15, 0.2) is 17.0 Å². The Morgan fingerprint density at radius 3 is 2.00 bits per heavy atom. The molecule has 12 heteroatoms. The summed E-state index contributed by atoms with van der Waals surface area (Å²) in [7, 11) is -4.29. The first kappa shape index (κ1) is 20.1. The molecule has 0 unspecified atom stereocenters. The van der Waals surface area contributed by atoms with Crippen molar-refractivity contribution in [1.29, 1.82) is 0 Å². The average molecular weight is 381 g/mol. The number of unbranched alkanes of at least 4 members (excludes halogenated alkanes) is 1. The summed E-state index contributed by atoms with van der Waals surface area (Å²) in [4.78, 5) is 21.9. The molecule has 0 bridgehead atoms. The van der Waals surface area contributed by atoms with Gasteiger partial charge in [0.2, 0.25) is 0 Å². The first-order valence-corrected chi connectivity index (χ1v) is 8.89. The first-order chi connectivity index (χ1) is 11.2. The summed E-state index contributed by atoms with van der Waals surface area (Å²) in [5, 5.41) is 22.7. The maximum absolute atomic E-state index is 11.8. The molecule has 0 aliphatic carbocycles. The minimum Gasteiger partial charge on any atom is -0.361 e. The summed E-state index contributed by atoms with van der Waals surface area (Å²) in [6, 6.07) is 1.53. The van der Waals surface area contributed by atoms with Crippen LogP contribution in [0.25, 0.3) is 0 Å². The van der Waals surface area contributed by atoms with Gasteiger partial charge in [0.15, 0.2) is 5.69 Å². The zero-order valence-corrected chi connectivity index (χ0v) is 14.6. The second-order valence-electron chi connectivity index (χ2n) is 4.84. The Kier molecular flexibility index (Phi) is 6.87. The van der Waals surface area contributed by atoms with Crippen LogP contribution in [0.3, 0.4) is 0 Å². The van der Waals surface area contributed by atoms with Crippen molar-refractivity contribution in [3.8, 4) is 0 Å². The molecule has 134 valence electrons. The summed E-state index contributed by atoms with van der Waals surface area (Å²) in [6.07, 6.45) is 1.46. The molecule has 1 rings (SSSR count). The average Bonchev–Trinajstić information content (AvgIpc) is 2.54. The van der Waals surface area contributed by atoms with E-state index in [-0.39, 0.29) is 5.69 Å². The van der Waals surface area contributed by atoms with E-state index in [1.165, 1.54) is 9.14 Å². The van der Waals surface area contributed by atoms with Crippen LogP contribution in [-0.4, -0.2) is 31.4 Å². The fraction of sp³-hybridized carbons (Fsp3) is 0.500. The first-order valence-electron chi connectivity index (χ1n) is 7.03. The summed E-state index contributed by atoms with van der Waals surface area (Å²) in [6.45, 7) is 4.28. The normalized spacial score (nSPS) is 11.3. The molecule has 0 aliphatic heterocycles. The van der Waals surface area contributed by atoms with Gasteiger partial charge >= 0.3 is 11.4 Å². The van der Waals surface area contributed by atoms with Crippen molar-refractivity contribution in [3.63, 3.8) is 0 Å². The van der Waals surface area contributed by atoms with E-state index in [9.17, 15) is 28.6 Å². The lowest BCUT2D eigenvalue weighted by atomic mass is 10.2. The lowest BCUT2D eigenvalue weighted by Gasteiger charge is -2.22. The quantitative estimate of drug-likeness (QED) is 0.395. The Balaban J connectivity index is 3.73. The van der Waals surface area contributed by atoms with Gasteiger partial charge < -0.3 is 4.90 Å². The molecule has 0 aliphatic rings. The maximum Gasteiger partial charge on any atom is 0.301 e. The number of nitrogens with zero attached hydrogens (tertiary/aromatic N) is 3. The van der Waals surface area contributed by atoms with E-state index in [1.54, 1.807) is 6.92 Å². The highest BCUT2D eigenvalue weighted by Gasteiger charge is 2.33. The molecule has 1 N–H and O–H groups in total. The van der Waals surface area contributed by atoms with Crippen LogP contribution < -0.4 is 9.14 Å². The van der Waals surface area contributed by atoms with Crippen LogP contribution >= 0.6 is 11.8 Å². The number of nitro groups is 2. The van der Waals surface area contributed by atoms with Gasteiger partial charge in [-0.25, -0.2) is 8.42 Å². The van der Waals surface area contributed by atoms with Crippen molar-refractivity contribution < 1.29 is 18.3 Å². The number of halogens is 1. The Bertz CT molecular complexity index is 704. The number of nitro benzene ring substituents is 2. The minimum atomic E-state index is -4.29. The van der Waals surface area contributed by atoms with Gasteiger partial charge in [0.25, 0.3) is 10.0 Å². The van der Waals surface area contributed by atoms with Gasteiger partial charge in [0, 0.05) is 25.2 Å². The highest BCUT2D eigenvalue weighted by Crippen LogP contribution is 2.40. The van der Waals surface area contributed by atoms with E-state index in [1.807, 2.05) is 6.92 Å². The lowest BCUT2D eigenvalue weighted by molar-refractivity contribution is -0.393. The van der Waals surface area contributed by atoms with E-state index in [0.717, 1.165) is 18.6 Å². The predicted octanol–water partition coefficient (Wildman–Crippen LogP) is 2.56. The zero-order chi connectivity index (χ0) is 18.5. The molecule has 0 saturated carbocycles. The maximum atomic E-state index is 11.8. The number of nitrogens with one attached hydrogen (secondary N) is 1. The Morgan fingerprint density at radius 1 is 1.17 bits per heavy atom. The van der Waals surface area contributed by atoms with E-state index in [2.05, 4.69) is 0 Å². The van der Waals surface area contributed by atoms with Crippen LogP contribution in [0.2, 0.25) is 0 Å². The van der Waals surface area contributed by atoms with E-state index >= 15 is 0 Å². The molecule has 1 aromatic rings. The zero-order valence-electron chi connectivity index (χ0n) is 13.1. The van der Waals surface area contributed by atoms with E-state index in [0.29, 0.717) is 19.5 Å². The van der Waals surface area contributed by atoms with Crippen molar-refractivity contribution in [1.82, 2.24) is 4.24 Å². The van der Waals surface area contributed by atoms with Gasteiger partial charge in [-0.1, -0.05) is 13.3 Å². The smallest absolute Gasteiger partial charge is 0.301 e. The molecule has 0 aromatic heterocycles. The highest BCUT2D eigenvalue weighted by atomic mass is 35.5. The van der Waals surface area contributed by atoms with Crippen molar-refractivity contribution >= 4 is 38.9 Å². The van der Waals surface area contributed by atoms with Crippen molar-refractivity contribution in [2.24, 2.45) is 0 Å². The third kappa shape index (κ3) is 4.30. The number of anilines is 1. The summed E-state index contributed by atoms with van der Waals surface area (Å²) >= 11 is 5.10. The standard InChI is InChI=1S/C12H17ClN4O6S/c1-3-5-6-15(4-2)12-10(16(18)19)7-9(24(22,23)14-13)8-11(12)17(20)21/h7-8,14H,3-6H2,1-2H3. The van der Waals surface area contributed by atoms with Gasteiger partial charge in [-0.3, -0.25) is 20.2 Å². The molecule has 10 nitrogen and oxygen atoms in total. The molecule has 0 fully saturated rings. The van der Waals surface area contributed by atoms with Crippen molar-refractivity contribution in [3.05, 3.63) is 32.4 Å². The molecule has 1 aromatic carbocycles. The fourth-order valence-corrected chi connectivity index (χ4v) is 3.05. The number of hydrogen-bond donors (Lipinski definition) is 1. The van der Waals surface area contributed by atoms with Gasteiger partial charge in [0.05, 0.1) is 14.7 Å². The van der Waals surface area contributed by atoms with Crippen LogP contribution in [-0.2, 0) is 10.0 Å². The van der Waals surface area contributed by atoms with Gasteiger partial charge in [-0.05, 0) is 25.1 Å². The number of sulfonamides is 1. The highest BCUT2D eigenvalue weighted by molar-refractivity contribution is 7.90. The topological polar surface area (TPSA) is 136 Å².